The number of hydrogen-bond donors (Lipinski definition) is 1. The highest BCUT2D eigenvalue weighted by Gasteiger charge is 2.40. The molecule has 98 valence electrons. The lowest BCUT2D eigenvalue weighted by Crippen LogP contribution is -2.40. The first-order valence-electron chi connectivity index (χ1n) is 6.13. The van der Waals surface area contributed by atoms with Gasteiger partial charge in [-0.25, -0.2) is 8.42 Å². The van der Waals surface area contributed by atoms with Gasteiger partial charge in [-0.15, -0.1) is 0 Å². The summed E-state index contributed by atoms with van der Waals surface area (Å²) in [6.07, 6.45) is 2.29. The van der Waals surface area contributed by atoms with E-state index in [0.717, 1.165) is 18.4 Å². The average molecular weight is 268 g/mol. The second kappa shape index (κ2) is 4.05. The molecule has 3 rings (SSSR count). The Hall–Kier alpha value is -0.910. The molecule has 0 aromatic heterocycles. The fourth-order valence-corrected chi connectivity index (χ4v) is 3.53. The smallest absolute Gasteiger partial charge is 0.185 e. The van der Waals surface area contributed by atoms with Crippen LogP contribution in [0.5, 0.6) is 0 Å². The van der Waals surface area contributed by atoms with Crippen molar-refractivity contribution in [3.8, 4) is 0 Å². The first-order chi connectivity index (χ1) is 8.50. The van der Waals surface area contributed by atoms with E-state index in [2.05, 4.69) is 0 Å². The van der Waals surface area contributed by atoms with E-state index in [1.165, 1.54) is 0 Å². The molecular weight excluding hydrogens is 252 g/mol. The third-order valence-corrected chi connectivity index (χ3v) is 5.74. The minimum absolute atomic E-state index is 0.295. The van der Waals surface area contributed by atoms with Gasteiger partial charge in [0.05, 0.1) is 23.7 Å². The van der Waals surface area contributed by atoms with Gasteiger partial charge in [0.15, 0.2) is 9.84 Å². The summed E-state index contributed by atoms with van der Waals surface area (Å²) in [7, 11) is -3.23. The second-order valence-corrected chi connectivity index (χ2v) is 7.48. The predicted molar refractivity (Wildman–Crippen MR) is 66.1 cm³/mol. The molecule has 1 aliphatic carbocycles. The van der Waals surface area contributed by atoms with Crippen LogP contribution in [0, 0.1) is 0 Å². The lowest BCUT2D eigenvalue weighted by Gasteiger charge is -2.25. The maximum atomic E-state index is 12.1. The quantitative estimate of drug-likeness (QED) is 0.882. The molecule has 1 aliphatic heterocycles. The van der Waals surface area contributed by atoms with Gasteiger partial charge in [0.2, 0.25) is 0 Å². The third-order valence-electron chi connectivity index (χ3n) is 3.66. The van der Waals surface area contributed by atoms with Gasteiger partial charge in [-0.1, -0.05) is 12.1 Å². The Morgan fingerprint density at radius 1 is 1.22 bits per heavy atom. The van der Waals surface area contributed by atoms with Crippen molar-refractivity contribution in [3.63, 3.8) is 0 Å². The molecule has 0 bridgehead atoms. The molecule has 1 aromatic rings. The predicted octanol–water partition coefficient (Wildman–Crippen LogP) is 0.927. The van der Waals surface area contributed by atoms with Crippen LogP contribution in [-0.4, -0.2) is 37.6 Å². The summed E-state index contributed by atoms with van der Waals surface area (Å²) in [6, 6.07) is 6.86. The molecule has 0 amide bonds. The molecule has 1 heterocycles. The van der Waals surface area contributed by atoms with E-state index < -0.39 is 20.7 Å². The lowest BCUT2D eigenvalue weighted by molar-refractivity contribution is 0.0416. The van der Waals surface area contributed by atoms with Crippen LogP contribution < -0.4 is 0 Å². The van der Waals surface area contributed by atoms with Crippen molar-refractivity contribution in [2.24, 2.45) is 0 Å². The number of benzene rings is 1. The summed E-state index contributed by atoms with van der Waals surface area (Å²) in [5.41, 5.74) is 0.446. The van der Waals surface area contributed by atoms with Gasteiger partial charge in [0.25, 0.3) is 0 Å². The van der Waals surface area contributed by atoms with E-state index in [9.17, 15) is 13.5 Å². The van der Waals surface area contributed by atoms with Gasteiger partial charge in [-0.2, -0.15) is 0 Å². The Kier molecular flexibility index (Phi) is 2.73. The molecule has 1 saturated carbocycles. The van der Waals surface area contributed by atoms with Crippen LogP contribution in [0.3, 0.4) is 0 Å². The summed E-state index contributed by atoms with van der Waals surface area (Å²) in [5.74, 6) is 0. The Bertz CT molecular complexity index is 539. The van der Waals surface area contributed by atoms with Crippen LogP contribution in [0.1, 0.15) is 18.4 Å². The topological polar surface area (TPSA) is 63.6 Å². The van der Waals surface area contributed by atoms with E-state index >= 15 is 0 Å². The first kappa shape index (κ1) is 12.1. The highest BCUT2D eigenvalue weighted by Crippen LogP contribution is 2.38. The molecule has 1 aromatic carbocycles. The zero-order chi connectivity index (χ0) is 12.8. The van der Waals surface area contributed by atoms with E-state index in [4.69, 9.17) is 4.74 Å². The lowest BCUT2D eigenvalue weighted by atomic mass is 10.1. The van der Waals surface area contributed by atoms with Crippen LogP contribution in [0.25, 0.3) is 0 Å². The molecule has 0 spiro atoms. The van der Waals surface area contributed by atoms with Crippen molar-refractivity contribution < 1.29 is 18.3 Å². The van der Waals surface area contributed by atoms with Crippen LogP contribution in [0.2, 0.25) is 0 Å². The van der Waals surface area contributed by atoms with Crippen LogP contribution in [0.15, 0.2) is 29.2 Å². The summed E-state index contributed by atoms with van der Waals surface area (Å²) < 4.78 is 29.1. The molecule has 4 nitrogen and oxygen atoms in total. The highest BCUT2D eigenvalue weighted by atomic mass is 32.2. The number of ether oxygens (including phenoxy) is 1. The Morgan fingerprint density at radius 2 is 1.83 bits per heavy atom. The number of rotatable bonds is 4. The van der Waals surface area contributed by atoms with Crippen molar-refractivity contribution in [1.82, 2.24) is 0 Å². The van der Waals surface area contributed by atoms with E-state index in [1.807, 2.05) is 0 Å². The standard InChI is InChI=1S/C13H16O4S/c14-13(5-6-13)7-10-1-3-11(4-2-10)18(15,16)12-8-17-9-12/h1-4,12,14H,5-9H2. The summed E-state index contributed by atoms with van der Waals surface area (Å²) in [6.45, 7) is 0.591. The van der Waals surface area contributed by atoms with Crippen molar-refractivity contribution >= 4 is 9.84 Å². The van der Waals surface area contributed by atoms with Crippen molar-refractivity contribution in [3.05, 3.63) is 29.8 Å². The molecule has 0 atom stereocenters. The van der Waals surface area contributed by atoms with E-state index in [-0.39, 0.29) is 0 Å². The van der Waals surface area contributed by atoms with E-state index in [1.54, 1.807) is 24.3 Å². The van der Waals surface area contributed by atoms with Gasteiger partial charge >= 0.3 is 0 Å². The molecule has 2 aliphatic rings. The van der Waals surface area contributed by atoms with Gasteiger partial charge in [-0.3, -0.25) is 0 Å². The van der Waals surface area contributed by atoms with Crippen molar-refractivity contribution in [2.45, 2.75) is 35.0 Å². The minimum atomic E-state index is -3.23. The third kappa shape index (κ3) is 2.18. The molecule has 5 heteroatoms. The summed E-state index contributed by atoms with van der Waals surface area (Å²) in [5, 5.41) is 9.42. The molecule has 1 N–H and O–H groups in total. The van der Waals surface area contributed by atoms with E-state index in [0.29, 0.717) is 24.5 Å². The number of hydrogen-bond acceptors (Lipinski definition) is 4. The van der Waals surface area contributed by atoms with Gasteiger partial charge in [0, 0.05) is 6.42 Å². The minimum Gasteiger partial charge on any atom is -0.390 e. The van der Waals surface area contributed by atoms with Crippen LogP contribution in [0.4, 0.5) is 0 Å². The fraction of sp³-hybridized carbons (Fsp3) is 0.538. The summed E-state index contributed by atoms with van der Waals surface area (Å²) >= 11 is 0. The monoisotopic (exact) mass is 268 g/mol. The second-order valence-electron chi connectivity index (χ2n) is 5.25. The highest BCUT2D eigenvalue weighted by molar-refractivity contribution is 7.92. The summed E-state index contributed by atoms with van der Waals surface area (Å²) in [4.78, 5) is 0.349. The van der Waals surface area contributed by atoms with Gasteiger partial charge in [-0.05, 0) is 30.5 Å². The maximum Gasteiger partial charge on any atom is 0.185 e. The Morgan fingerprint density at radius 3 is 2.28 bits per heavy atom. The molecule has 2 fully saturated rings. The zero-order valence-electron chi connectivity index (χ0n) is 10.0. The molecule has 1 saturated heterocycles. The van der Waals surface area contributed by atoms with Crippen molar-refractivity contribution in [1.29, 1.82) is 0 Å². The van der Waals surface area contributed by atoms with Gasteiger partial charge < -0.3 is 9.84 Å². The normalized spacial score (nSPS) is 22.5. The average Bonchev–Trinajstić information content (AvgIpc) is 2.93. The SMILES string of the molecule is O=S(=O)(c1ccc(CC2(O)CC2)cc1)C1COC1. The molecule has 0 radical (unpaired) electrons. The Labute approximate surface area is 107 Å². The largest absolute Gasteiger partial charge is 0.390 e. The van der Waals surface area contributed by atoms with Crippen LogP contribution in [-0.2, 0) is 21.0 Å². The number of aliphatic hydroxyl groups is 1. The molecule has 0 unspecified atom stereocenters. The first-order valence-corrected chi connectivity index (χ1v) is 7.67. The van der Waals surface area contributed by atoms with Gasteiger partial charge in [0.1, 0.15) is 5.25 Å². The molecule has 18 heavy (non-hydrogen) atoms. The Balaban J connectivity index is 1.78. The number of sulfone groups is 1. The van der Waals surface area contributed by atoms with Crippen molar-refractivity contribution in [2.75, 3.05) is 13.2 Å². The zero-order valence-corrected chi connectivity index (χ0v) is 10.8. The molecular formula is C13H16O4S. The van der Waals surface area contributed by atoms with Crippen LogP contribution >= 0.6 is 0 Å². The fourth-order valence-electron chi connectivity index (χ4n) is 2.08. The maximum absolute atomic E-state index is 12.1.